The highest BCUT2D eigenvalue weighted by molar-refractivity contribution is 5.77. The Labute approximate surface area is 190 Å². The van der Waals surface area contributed by atoms with Gasteiger partial charge >= 0.3 is 0 Å². The minimum absolute atomic E-state index is 0.187. The molecular weight excluding hydrogens is 380 g/mol. The van der Waals surface area contributed by atoms with Crippen molar-refractivity contribution in [2.24, 2.45) is 57.1 Å². The maximum Gasteiger partial charge on any atom is 0.287 e. The highest BCUT2D eigenvalue weighted by atomic mass is 16.5. The zero-order chi connectivity index (χ0) is 22.0. The van der Waals surface area contributed by atoms with Gasteiger partial charge in [0.2, 0.25) is 0 Å². The Bertz CT molecular complexity index is 771. The number of allylic oxidation sites excluding steroid dienone is 1. The Balaban J connectivity index is 1.43. The molecule has 2 N–H and O–H groups in total. The summed E-state index contributed by atoms with van der Waals surface area (Å²) in [6, 6.07) is 0.420. The summed E-state index contributed by atoms with van der Waals surface area (Å²) in [6.45, 7) is 12.5. The van der Waals surface area contributed by atoms with Crippen LogP contribution in [0.25, 0.3) is 0 Å². The van der Waals surface area contributed by atoms with E-state index < -0.39 is 0 Å². The smallest absolute Gasteiger partial charge is 0.287 e. The SMILES string of the molecule is CC(C)CCC[C@@H](C)[C@H]1CC[C@H]2[C@@H]3C=C4N=C(N)OC45CCCC[C@]5(C)[C@H]3CC[C@]12C. The second-order valence-corrected chi connectivity index (χ2v) is 12.9. The predicted molar refractivity (Wildman–Crippen MR) is 128 cm³/mol. The van der Waals surface area contributed by atoms with Gasteiger partial charge in [0.05, 0.1) is 5.70 Å². The van der Waals surface area contributed by atoms with E-state index in [2.05, 4.69) is 40.7 Å². The first kappa shape index (κ1) is 21.8. The molecule has 0 aromatic heterocycles. The van der Waals surface area contributed by atoms with Crippen LogP contribution in [0.1, 0.15) is 105 Å². The second-order valence-electron chi connectivity index (χ2n) is 12.9. The van der Waals surface area contributed by atoms with Gasteiger partial charge in [-0.3, -0.25) is 0 Å². The summed E-state index contributed by atoms with van der Waals surface area (Å²) >= 11 is 0. The Hall–Kier alpha value is -0.990. The topological polar surface area (TPSA) is 47.6 Å². The maximum atomic E-state index is 6.43. The predicted octanol–water partition coefficient (Wildman–Crippen LogP) is 7.07. The number of rotatable bonds is 5. The van der Waals surface area contributed by atoms with Crippen LogP contribution in [0.5, 0.6) is 0 Å². The molecule has 8 atom stereocenters. The molecular formula is C28H46N2O. The molecule has 1 aliphatic heterocycles. The van der Waals surface area contributed by atoms with Crippen LogP contribution in [-0.2, 0) is 4.74 Å². The number of fused-ring (bicyclic) bond motifs is 4. The summed E-state index contributed by atoms with van der Waals surface area (Å²) in [6.07, 6.45) is 17.3. The molecule has 3 nitrogen and oxygen atoms in total. The first-order chi connectivity index (χ1) is 14.7. The van der Waals surface area contributed by atoms with Gasteiger partial charge in [-0.25, -0.2) is 0 Å². The van der Waals surface area contributed by atoms with E-state index in [0.717, 1.165) is 36.0 Å². The van der Waals surface area contributed by atoms with Crippen LogP contribution in [0.15, 0.2) is 16.8 Å². The summed E-state index contributed by atoms with van der Waals surface area (Å²) in [5, 5.41) is 0. The number of amidine groups is 1. The third-order valence-corrected chi connectivity index (χ3v) is 11.0. The summed E-state index contributed by atoms with van der Waals surface area (Å²) in [7, 11) is 0. The van der Waals surface area contributed by atoms with Gasteiger partial charge in [-0.1, -0.05) is 66.4 Å². The molecule has 0 bridgehead atoms. The van der Waals surface area contributed by atoms with E-state index in [4.69, 9.17) is 15.5 Å². The number of aliphatic imine (C=N–C) groups is 1. The molecule has 0 aromatic carbocycles. The molecule has 31 heavy (non-hydrogen) atoms. The molecule has 5 aliphatic rings. The molecule has 1 heterocycles. The summed E-state index contributed by atoms with van der Waals surface area (Å²) in [5.41, 5.74) is 7.85. The van der Waals surface area contributed by atoms with Gasteiger partial charge < -0.3 is 10.5 Å². The average Bonchev–Trinajstić information content (AvgIpc) is 3.22. The molecule has 0 amide bonds. The van der Waals surface area contributed by atoms with Gasteiger partial charge in [0.25, 0.3) is 6.02 Å². The van der Waals surface area contributed by atoms with Crippen molar-refractivity contribution in [1.82, 2.24) is 0 Å². The fraction of sp³-hybridized carbons (Fsp3) is 0.893. The summed E-state index contributed by atoms with van der Waals surface area (Å²) < 4.78 is 6.43. The number of nitrogens with zero attached hydrogens (tertiary/aromatic N) is 1. The fourth-order valence-electron chi connectivity index (χ4n) is 9.44. The van der Waals surface area contributed by atoms with Crippen molar-refractivity contribution in [3.63, 3.8) is 0 Å². The van der Waals surface area contributed by atoms with Crippen molar-refractivity contribution in [2.45, 2.75) is 111 Å². The Kier molecular flexibility index (Phi) is 5.30. The minimum atomic E-state index is -0.230. The lowest BCUT2D eigenvalue weighted by Gasteiger charge is -2.61. The van der Waals surface area contributed by atoms with E-state index in [-0.39, 0.29) is 11.0 Å². The van der Waals surface area contributed by atoms with Crippen molar-refractivity contribution in [3.8, 4) is 0 Å². The largest absolute Gasteiger partial charge is 0.451 e. The maximum absolute atomic E-state index is 6.43. The lowest BCUT2D eigenvalue weighted by atomic mass is 9.44. The van der Waals surface area contributed by atoms with E-state index in [1.807, 2.05) is 0 Å². The zero-order valence-corrected chi connectivity index (χ0v) is 20.8. The Morgan fingerprint density at radius 1 is 1.03 bits per heavy atom. The van der Waals surface area contributed by atoms with E-state index in [0.29, 0.717) is 17.4 Å². The molecule has 1 unspecified atom stereocenters. The van der Waals surface area contributed by atoms with Gasteiger partial charge in [0.1, 0.15) is 0 Å². The number of nitrogens with two attached hydrogens (primary N) is 1. The number of hydrogen-bond donors (Lipinski definition) is 1. The molecule has 5 rings (SSSR count). The van der Waals surface area contributed by atoms with Crippen LogP contribution in [0, 0.1) is 46.3 Å². The van der Waals surface area contributed by atoms with Crippen molar-refractivity contribution < 1.29 is 4.74 Å². The molecule has 3 heteroatoms. The van der Waals surface area contributed by atoms with Gasteiger partial charge in [0.15, 0.2) is 5.60 Å². The quantitative estimate of drug-likeness (QED) is 0.511. The first-order valence-electron chi connectivity index (χ1n) is 13.5. The monoisotopic (exact) mass is 426 g/mol. The lowest BCUT2D eigenvalue weighted by Crippen LogP contribution is -2.61. The molecule has 4 aliphatic carbocycles. The lowest BCUT2D eigenvalue weighted by molar-refractivity contribution is -0.142. The van der Waals surface area contributed by atoms with Crippen molar-refractivity contribution in [2.75, 3.05) is 0 Å². The highest BCUT2D eigenvalue weighted by Crippen LogP contribution is 2.70. The van der Waals surface area contributed by atoms with Gasteiger partial charge in [-0.15, -0.1) is 0 Å². The molecule has 3 fully saturated rings. The van der Waals surface area contributed by atoms with Crippen LogP contribution >= 0.6 is 0 Å². The van der Waals surface area contributed by atoms with E-state index >= 15 is 0 Å². The fourth-order valence-corrected chi connectivity index (χ4v) is 9.44. The molecule has 3 saturated carbocycles. The third kappa shape index (κ3) is 3.07. The third-order valence-electron chi connectivity index (χ3n) is 11.0. The van der Waals surface area contributed by atoms with E-state index in [1.165, 1.54) is 69.9 Å². The minimum Gasteiger partial charge on any atom is -0.451 e. The zero-order valence-electron chi connectivity index (χ0n) is 20.8. The molecule has 174 valence electrons. The molecule has 0 aromatic rings. The Morgan fingerprint density at radius 3 is 2.58 bits per heavy atom. The van der Waals surface area contributed by atoms with Gasteiger partial charge in [0, 0.05) is 5.41 Å². The second kappa shape index (κ2) is 7.52. The molecule has 0 saturated heterocycles. The van der Waals surface area contributed by atoms with Gasteiger partial charge in [-0.2, -0.15) is 4.99 Å². The van der Waals surface area contributed by atoms with Crippen LogP contribution in [0.2, 0.25) is 0 Å². The number of ether oxygens (including phenoxy) is 1. The summed E-state index contributed by atoms with van der Waals surface area (Å²) in [4.78, 5) is 4.80. The summed E-state index contributed by atoms with van der Waals surface area (Å²) in [5.74, 6) is 4.78. The number of hydrogen-bond acceptors (Lipinski definition) is 3. The van der Waals surface area contributed by atoms with Crippen molar-refractivity contribution in [3.05, 3.63) is 11.8 Å². The molecule has 0 radical (unpaired) electrons. The Morgan fingerprint density at radius 2 is 1.81 bits per heavy atom. The van der Waals surface area contributed by atoms with Crippen molar-refractivity contribution in [1.29, 1.82) is 0 Å². The van der Waals surface area contributed by atoms with Crippen LogP contribution < -0.4 is 5.73 Å². The first-order valence-corrected chi connectivity index (χ1v) is 13.5. The average molecular weight is 427 g/mol. The van der Waals surface area contributed by atoms with Crippen molar-refractivity contribution >= 4 is 6.02 Å². The van der Waals surface area contributed by atoms with E-state index in [9.17, 15) is 0 Å². The van der Waals surface area contributed by atoms with Crippen LogP contribution in [0.3, 0.4) is 0 Å². The van der Waals surface area contributed by atoms with E-state index in [1.54, 1.807) is 0 Å². The van der Waals surface area contributed by atoms with Crippen LogP contribution in [-0.4, -0.2) is 11.6 Å². The standard InChI is InChI=1S/C28H46N2O/c1-18(2)9-8-10-19(3)21-11-12-22-20-17-24-28(31-25(29)30-24)15-7-6-14-27(28,5)23(20)13-16-26(21,22)4/h17-23H,6-16H2,1-5H3,(H2,29,30)/t19-,20+,21-,22+,23+,26-,27-,28?/m1/s1. The van der Waals surface area contributed by atoms with Crippen LogP contribution in [0.4, 0.5) is 0 Å². The van der Waals surface area contributed by atoms with Gasteiger partial charge in [-0.05, 0) is 85.9 Å². The normalized spacial score (nSPS) is 46.9. The highest BCUT2D eigenvalue weighted by Gasteiger charge is 2.67. The molecule has 1 spiro atoms.